The predicted octanol–water partition coefficient (Wildman–Crippen LogP) is 1.80. The number of hydrogen-bond donors (Lipinski definition) is 1. The van der Waals surface area contributed by atoms with Gasteiger partial charge in [0.15, 0.2) is 0 Å². The van der Waals surface area contributed by atoms with Crippen LogP contribution in [0.1, 0.15) is 5.56 Å². The van der Waals surface area contributed by atoms with Gasteiger partial charge in [0.05, 0.1) is 9.80 Å². The summed E-state index contributed by atoms with van der Waals surface area (Å²) >= 11 is 3.27. The van der Waals surface area contributed by atoms with Crippen LogP contribution < -0.4 is 5.32 Å². The average Bonchev–Trinajstić information content (AvgIpc) is 2.40. The number of fused-ring (bicyclic) bond motifs is 1. The van der Waals surface area contributed by atoms with E-state index < -0.39 is 9.84 Å². The Balaban J connectivity index is 2.64. The molecule has 15 heavy (non-hydrogen) atoms. The quantitative estimate of drug-likeness (QED) is 0.902. The first-order chi connectivity index (χ1) is 7.07. The minimum atomic E-state index is -3.29. The second-order valence-corrected chi connectivity index (χ2v) is 6.10. The standard InChI is InChI=1S/C10H10BrNO2S/c1-12-6-8-5-7-3-2-4-9(11)10(7)15(8,13)14/h2-5,12H,6H2,1H3. The lowest BCUT2D eigenvalue weighted by Gasteiger charge is -2.04. The van der Waals surface area contributed by atoms with Crippen molar-refractivity contribution < 1.29 is 8.42 Å². The third kappa shape index (κ3) is 1.64. The number of halogens is 1. The monoisotopic (exact) mass is 287 g/mol. The van der Waals surface area contributed by atoms with Crippen LogP contribution in [0.15, 0.2) is 32.5 Å². The molecule has 0 atom stereocenters. The van der Waals surface area contributed by atoms with E-state index in [4.69, 9.17) is 0 Å². The molecule has 1 aliphatic rings. The van der Waals surface area contributed by atoms with Crippen LogP contribution in [-0.2, 0) is 9.84 Å². The van der Waals surface area contributed by atoms with Crippen molar-refractivity contribution in [1.29, 1.82) is 0 Å². The molecule has 0 spiro atoms. The van der Waals surface area contributed by atoms with Gasteiger partial charge in [-0.2, -0.15) is 0 Å². The summed E-state index contributed by atoms with van der Waals surface area (Å²) in [5.41, 5.74) is 0.759. The Hall–Kier alpha value is -0.650. The Morgan fingerprint density at radius 3 is 2.73 bits per heavy atom. The van der Waals surface area contributed by atoms with Gasteiger partial charge in [0.2, 0.25) is 9.84 Å². The van der Waals surface area contributed by atoms with Crippen LogP contribution in [0.4, 0.5) is 0 Å². The fraction of sp³-hybridized carbons (Fsp3) is 0.200. The van der Waals surface area contributed by atoms with Crippen LogP contribution in [0.2, 0.25) is 0 Å². The molecule has 0 saturated carbocycles. The van der Waals surface area contributed by atoms with Crippen molar-refractivity contribution >= 4 is 31.8 Å². The molecule has 0 unspecified atom stereocenters. The molecule has 3 nitrogen and oxygen atoms in total. The van der Waals surface area contributed by atoms with Crippen LogP contribution in [0.3, 0.4) is 0 Å². The number of rotatable bonds is 2. The average molecular weight is 288 g/mol. The topological polar surface area (TPSA) is 46.2 Å². The molecular formula is C10H10BrNO2S. The highest BCUT2D eigenvalue weighted by atomic mass is 79.9. The molecular weight excluding hydrogens is 278 g/mol. The second-order valence-electron chi connectivity index (χ2n) is 3.30. The summed E-state index contributed by atoms with van der Waals surface area (Å²) in [6.07, 6.45) is 1.71. The van der Waals surface area contributed by atoms with Crippen molar-refractivity contribution in [2.45, 2.75) is 4.90 Å². The Labute approximate surface area is 97.2 Å². The maximum atomic E-state index is 12.1. The third-order valence-corrected chi connectivity index (χ3v) is 5.15. The van der Waals surface area contributed by atoms with Gasteiger partial charge in [0, 0.05) is 11.0 Å². The van der Waals surface area contributed by atoms with E-state index >= 15 is 0 Å². The highest BCUT2D eigenvalue weighted by Crippen LogP contribution is 2.37. The van der Waals surface area contributed by atoms with E-state index in [1.807, 2.05) is 6.07 Å². The summed E-state index contributed by atoms with van der Waals surface area (Å²) in [5, 5.41) is 2.86. The summed E-state index contributed by atoms with van der Waals surface area (Å²) < 4.78 is 24.7. The van der Waals surface area contributed by atoms with E-state index in [0.29, 0.717) is 20.8 Å². The largest absolute Gasteiger partial charge is 0.315 e. The third-order valence-electron chi connectivity index (χ3n) is 2.28. The minimum Gasteiger partial charge on any atom is -0.315 e. The summed E-state index contributed by atoms with van der Waals surface area (Å²) in [4.78, 5) is 0.808. The Bertz CT molecular complexity index is 534. The van der Waals surface area contributed by atoms with Gasteiger partial charge in [-0.05, 0) is 40.7 Å². The van der Waals surface area contributed by atoms with Gasteiger partial charge in [0.1, 0.15) is 0 Å². The first kappa shape index (κ1) is 10.9. The first-order valence-electron chi connectivity index (χ1n) is 4.46. The SMILES string of the molecule is CNCC1=Cc2cccc(Br)c2S1(=O)=O. The fourth-order valence-corrected chi connectivity index (χ4v) is 4.29. The maximum Gasteiger partial charge on any atom is 0.205 e. The van der Waals surface area contributed by atoms with E-state index in [0.717, 1.165) is 5.56 Å². The highest BCUT2D eigenvalue weighted by Gasteiger charge is 2.30. The summed E-state index contributed by atoms with van der Waals surface area (Å²) in [5.74, 6) is 0. The zero-order chi connectivity index (χ0) is 11.1. The van der Waals surface area contributed by atoms with E-state index in [9.17, 15) is 8.42 Å². The molecule has 1 N–H and O–H groups in total. The van der Waals surface area contributed by atoms with E-state index in [1.165, 1.54) is 0 Å². The van der Waals surface area contributed by atoms with Crippen molar-refractivity contribution in [2.75, 3.05) is 13.6 Å². The number of benzene rings is 1. The lowest BCUT2D eigenvalue weighted by Crippen LogP contribution is -2.15. The fourth-order valence-electron chi connectivity index (χ4n) is 1.63. The number of hydrogen-bond acceptors (Lipinski definition) is 3. The Morgan fingerprint density at radius 1 is 1.40 bits per heavy atom. The maximum absolute atomic E-state index is 12.1. The first-order valence-corrected chi connectivity index (χ1v) is 6.74. The molecule has 5 heteroatoms. The van der Waals surface area contributed by atoms with Crippen LogP contribution in [0, 0.1) is 0 Å². The van der Waals surface area contributed by atoms with Gasteiger partial charge in [-0.15, -0.1) is 0 Å². The van der Waals surface area contributed by atoms with Gasteiger partial charge in [-0.1, -0.05) is 12.1 Å². The second kappa shape index (κ2) is 3.73. The molecule has 0 fully saturated rings. The van der Waals surface area contributed by atoms with Crippen molar-refractivity contribution in [2.24, 2.45) is 0 Å². The van der Waals surface area contributed by atoms with Crippen molar-refractivity contribution in [3.63, 3.8) is 0 Å². The summed E-state index contributed by atoms with van der Waals surface area (Å²) in [6.45, 7) is 0.365. The predicted molar refractivity (Wildman–Crippen MR) is 63.2 cm³/mol. The van der Waals surface area contributed by atoms with Crippen LogP contribution in [0.5, 0.6) is 0 Å². The molecule has 0 saturated heterocycles. The normalized spacial score (nSPS) is 17.3. The van der Waals surface area contributed by atoms with Gasteiger partial charge in [-0.3, -0.25) is 0 Å². The Morgan fingerprint density at radius 2 is 2.13 bits per heavy atom. The van der Waals surface area contributed by atoms with E-state index in [1.54, 1.807) is 25.3 Å². The summed E-state index contributed by atoms with van der Waals surface area (Å²) in [7, 11) is -1.56. The lowest BCUT2D eigenvalue weighted by molar-refractivity contribution is 0.601. The molecule has 0 aliphatic carbocycles. The molecule has 2 rings (SSSR count). The van der Waals surface area contributed by atoms with Gasteiger partial charge in [0.25, 0.3) is 0 Å². The lowest BCUT2D eigenvalue weighted by atomic mass is 10.2. The number of nitrogens with one attached hydrogen (secondary N) is 1. The molecule has 1 aliphatic heterocycles. The van der Waals surface area contributed by atoms with Crippen LogP contribution >= 0.6 is 15.9 Å². The molecule has 0 bridgehead atoms. The van der Waals surface area contributed by atoms with Gasteiger partial charge in [-0.25, -0.2) is 8.42 Å². The van der Waals surface area contributed by atoms with Crippen LogP contribution in [-0.4, -0.2) is 22.0 Å². The van der Waals surface area contributed by atoms with Gasteiger partial charge < -0.3 is 5.32 Å². The van der Waals surface area contributed by atoms with Crippen LogP contribution in [0.25, 0.3) is 6.08 Å². The molecule has 80 valence electrons. The molecule has 1 heterocycles. The van der Waals surface area contributed by atoms with E-state index in [2.05, 4.69) is 21.2 Å². The number of sulfone groups is 1. The minimum absolute atomic E-state index is 0.365. The molecule has 1 aromatic rings. The Kier molecular flexibility index (Phi) is 2.70. The van der Waals surface area contributed by atoms with Gasteiger partial charge >= 0.3 is 0 Å². The van der Waals surface area contributed by atoms with E-state index in [-0.39, 0.29) is 0 Å². The number of likely N-dealkylation sites (N-methyl/N-ethyl adjacent to an activating group) is 1. The van der Waals surface area contributed by atoms with Crippen molar-refractivity contribution in [3.05, 3.63) is 33.1 Å². The molecule has 0 amide bonds. The summed E-state index contributed by atoms with van der Waals surface area (Å²) in [6, 6.07) is 5.38. The molecule has 0 radical (unpaired) electrons. The van der Waals surface area contributed by atoms with Crippen molar-refractivity contribution in [1.82, 2.24) is 5.32 Å². The molecule has 1 aromatic carbocycles. The highest BCUT2D eigenvalue weighted by molar-refractivity contribution is 9.10. The zero-order valence-electron chi connectivity index (χ0n) is 8.12. The molecule has 0 aromatic heterocycles. The zero-order valence-corrected chi connectivity index (χ0v) is 10.5. The van der Waals surface area contributed by atoms with Crippen molar-refractivity contribution in [3.8, 4) is 0 Å². The smallest absolute Gasteiger partial charge is 0.205 e.